The predicted octanol–water partition coefficient (Wildman–Crippen LogP) is 4.78. The van der Waals surface area contributed by atoms with E-state index in [0.29, 0.717) is 36.0 Å². The number of hydrogen-bond donors (Lipinski definition) is 1. The minimum absolute atomic E-state index is 0.0665. The summed E-state index contributed by atoms with van der Waals surface area (Å²) in [7, 11) is 0. The summed E-state index contributed by atoms with van der Waals surface area (Å²) in [6.45, 7) is 8.36. The quantitative estimate of drug-likeness (QED) is 0.692. The first-order chi connectivity index (χ1) is 15.0. The summed E-state index contributed by atoms with van der Waals surface area (Å²) in [5.41, 5.74) is 0.985. The maximum Gasteiger partial charge on any atom is 0.313 e. The van der Waals surface area contributed by atoms with Crippen molar-refractivity contribution >= 4 is 29.1 Å². The van der Waals surface area contributed by atoms with Crippen molar-refractivity contribution in [2.45, 2.75) is 33.2 Å². The van der Waals surface area contributed by atoms with E-state index in [2.05, 4.69) is 10.2 Å². The number of carbonyl (C=O) groups excluding carboxylic acids is 1. The highest BCUT2D eigenvalue weighted by molar-refractivity contribution is 6.31. The van der Waals surface area contributed by atoms with E-state index in [9.17, 15) is 4.79 Å². The zero-order valence-electron chi connectivity index (χ0n) is 18.2. The zero-order chi connectivity index (χ0) is 22.0. The average molecular weight is 442 g/mol. The van der Waals surface area contributed by atoms with Crippen LogP contribution < -0.4 is 10.1 Å². The topological polar surface area (TPSA) is 63.2 Å². The highest BCUT2D eigenvalue weighted by Gasteiger charge is 2.43. The van der Waals surface area contributed by atoms with Gasteiger partial charge in [0.1, 0.15) is 17.3 Å². The Morgan fingerprint density at radius 1 is 1.29 bits per heavy atom. The van der Waals surface area contributed by atoms with Gasteiger partial charge in [-0.05, 0) is 50.6 Å². The van der Waals surface area contributed by atoms with Crippen molar-refractivity contribution in [1.82, 2.24) is 10.2 Å². The molecule has 0 saturated carbocycles. The van der Waals surface area contributed by atoms with Crippen LogP contribution in [0.5, 0.6) is 11.5 Å². The standard InChI is InChI=1S/C24H28ClN3O3/c1-4-24(3,23(29)30-5-2)21-15-28(13-12-26-21)22-17-8-6-7-9-19(17)31-20-11-10-16(25)14-18(20)27-22/h6-11,14,21,26H,4-5,12-13,15H2,1-3H3/t21?,24-/m0/s1. The predicted molar refractivity (Wildman–Crippen MR) is 123 cm³/mol. The van der Waals surface area contributed by atoms with Crippen LogP contribution in [0.15, 0.2) is 47.5 Å². The van der Waals surface area contributed by atoms with Crippen molar-refractivity contribution in [3.63, 3.8) is 0 Å². The van der Waals surface area contributed by atoms with Crippen LogP contribution in [0.4, 0.5) is 5.69 Å². The molecule has 0 aliphatic carbocycles. The highest BCUT2D eigenvalue weighted by atomic mass is 35.5. The van der Waals surface area contributed by atoms with Crippen LogP contribution in [-0.4, -0.2) is 49.0 Å². The van der Waals surface area contributed by atoms with Crippen LogP contribution >= 0.6 is 11.6 Å². The number of esters is 1. The monoisotopic (exact) mass is 441 g/mol. The smallest absolute Gasteiger partial charge is 0.313 e. The fraction of sp³-hybridized carbons (Fsp3) is 0.417. The molecule has 2 aromatic carbocycles. The Kier molecular flexibility index (Phi) is 6.21. The molecule has 0 bridgehead atoms. The molecule has 2 aromatic rings. The van der Waals surface area contributed by atoms with Crippen molar-refractivity contribution in [1.29, 1.82) is 0 Å². The minimum atomic E-state index is -0.628. The number of aliphatic imine (C=N–C) groups is 1. The van der Waals surface area contributed by atoms with Crippen molar-refractivity contribution in [3.8, 4) is 11.5 Å². The molecule has 1 N–H and O–H groups in total. The van der Waals surface area contributed by atoms with E-state index in [1.165, 1.54) is 0 Å². The van der Waals surface area contributed by atoms with E-state index in [1.807, 2.05) is 57.2 Å². The van der Waals surface area contributed by atoms with E-state index in [-0.39, 0.29) is 12.0 Å². The van der Waals surface area contributed by atoms with Gasteiger partial charge in [-0.15, -0.1) is 0 Å². The Morgan fingerprint density at radius 3 is 2.87 bits per heavy atom. The normalized spacial score (nSPS) is 19.8. The fourth-order valence-corrected chi connectivity index (χ4v) is 4.30. The van der Waals surface area contributed by atoms with Gasteiger partial charge in [0, 0.05) is 30.7 Å². The van der Waals surface area contributed by atoms with Crippen LogP contribution in [0.25, 0.3) is 0 Å². The molecule has 2 aliphatic rings. The summed E-state index contributed by atoms with van der Waals surface area (Å²) in [6, 6.07) is 13.3. The molecular weight excluding hydrogens is 414 g/mol. The lowest BCUT2D eigenvalue weighted by molar-refractivity contribution is -0.157. The molecule has 1 fully saturated rings. The third kappa shape index (κ3) is 4.14. The Labute approximate surface area is 188 Å². The lowest BCUT2D eigenvalue weighted by atomic mass is 9.78. The largest absolute Gasteiger partial charge is 0.466 e. The fourth-order valence-electron chi connectivity index (χ4n) is 4.14. The summed E-state index contributed by atoms with van der Waals surface area (Å²) in [5.74, 6) is 2.08. The first-order valence-corrected chi connectivity index (χ1v) is 11.1. The number of piperazine rings is 1. The molecule has 0 radical (unpaired) electrons. The van der Waals surface area contributed by atoms with E-state index in [4.69, 9.17) is 26.1 Å². The molecule has 164 valence electrons. The number of rotatable bonds is 4. The number of hydrogen-bond acceptors (Lipinski definition) is 6. The molecule has 6 nitrogen and oxygen atoms in total. The second kappa shape index (κ2) is 8.89. The third-order valence-corrected chi connectivity index (χ3v) is 6.45. The number of carbonyl (C=O) groups is 1. The van der Waals surface area contributed by atoms with Gasteiger partial charge in [0.25, 0.3) is 0 Å². The molecule has 1 unspecified atom stereocenters. The molecule has 7 heteroatoms. The molecule has 2 heterocycles. The van der Waals surface area contributed by atoms with Crippen molar-refractivity contribution in [2.75, 3.05) is 26.2 Å². The Bertz CT molecular complexity index is 1010. The maximum atomic E-state index is 12.8. The van der Waals surface area contributed by atoms with Gasteiger partial charge >= 0.3 is 5.97 Å². The van der Waals surface area contributed by atoms with Gasteiger partial charge in [-0.3, -0.25) is 4.79 Å². The summed E-state index contributed by atoms with van der Waals surface area (Å²) in [5, 5.41) is 4.14. The van der Waals surface area contributed by atoms with Gasteiger partial charge in [-0.25, -0.2) is 4.99 Å². The van der Waals surface area contributed by atoms with Gasteiger partial charge in [0.05, 0.1) is 17.6 Å². The minimum Gasteiger partial charge on any atom is -0.466 e. The number of halogens is 1. The average Bonchev–Trinajstić information content (AvgIpc) is 2.95. The van der Waals surface area contributed by atoms with Crippen molar-refractivity contribution in [2.24, 2.45) is 10.4 Å². The van der Waals surface area contributed by atoms with E-state index in [1.54, 1.807) is 6.07 Å². The van der Waals surface area contributed by atoms with Crippen LogP contribution in [0, 0.1) is 5.41 Å². The Morgan fingerprint density at radius 2 is 2.10 bits per heavy atom. The number of ether oxygens (including phenoxy) is 2. The first-order valence-electron chi connectivity index (χ1n) is 10.8. The van der Waals surface area contributed by atoms with E-state index >= 15 is 0 Å². The second-order valence-corrected chi connectivity index (χ2v) is 8.53. The van der Waals surface area contributed by atoms with Crippen molar-refractivity contribution in [3.05, 3.63) is 53.1 Å². The lowest BCUT2D eigenvalue weighted by Gasteiger charge is -2.43. The number of nitrogens with one attached hydrogen (secondary N) is 1. The van der Waals surface area contributed by atoms with Gasteiger partial charge in [0.2, 0.25) is 0 Å². The number of amidine groups is 1. The second-order valence-electron chi connectivity index (χ2n) is 8.09. The summed E-state index contributed by atoms with van der Waals surface area (Å²) in [4.78, 5) is 20.0. The van der Waals surface area contributed by atoms with Gasteiger partial charge in [0.15, 0.2) is 5.75 Å². The van der Waals surface area contributed by atoms with Crippen LogP contribution in [0.1, 0.15) is 32.8 Å². The maximum absolute atomic E-state index is 12.8. The number of nitrogens with zero attached hydrogens (tertiary/aromatic N) is 2. The summed E-state index contributed by atoms with van der Waals surface area (Å²) >= 11 is 6.24. The molecule has 2 atom stereocenters. The Hall–Kier alpha value is -2.57. The number of benzene rings is 2. The molecule has 4 rings (SSSR count). The molecule has 1 saturated heterocycles. The van der Waals surface area contributed by atoms with Gasteiger partial charge in [-0.2, -0.15) is 0 Å². The molecule has 31 heavy (non-hydrogen) atoms. The zero-order valence-corrected chi connectivity index (χ0v) is 18.9. The Balaban J connectivity index is 1.72. The third-order valence-electron chi connectivity index (χ3n) is 6.22. The lowest BCUT2D eigenvalue weighted by Crippen LogP contribution is -2.60. The van der Waals surface area contributed by atoms with E-state index in [0.717, 1.165) is 30.2 Å². The highest BCUT2D eigenvalue weighted by Crippen LogP contribution is 2.40. The SMILES string of the molecule is CCOC(=O)[C@@](C)(CC)C1CN(C2=Nc3cc(Cl)ccc3Oc3ccccc32)CCN1. The summed E-state index contributed by atoms with van der Waals surface area (Å²) < 4.78 is 11.6. The van der Waals surface area contributed by atoms with E-state index < -0.39 is 5.41 Å². The molecule has 0 aromatic heterocycles. The van der Waals surface area contributed by atoms with Gasteiger partial charge < -0.3 is 19.7 Å². The molecule has 0 amide bonds. The van der Waals surface area contributed by atoms with Crippen LogP contribution in [-0.2, 0) is 9.53 Å². The molecular formula is C24H28ClN3O3. The van der Waals surface area contributed by atoms with Gasteiger partial charge in [-0.1, -0.05) is 30.7 Å². The number of fused-ring (bicyclic) bond motifs is 2. The molecule has 0 spiro atoms. The van der Waals surface area contributed by atoms with Crippen LogP contribution in [0.3, 0.4) is 0 Å². The number of para-hydroxylation sites is 1. The first kappa shape index (κ1) is 21.7. The summed E-state index contributed by atoms with van der Waals surface area (Å²) in [6.07, 6.45) is 0.682. The molecule has 2 aliphatic heterocycles. The van der Waals surface area contributed by atoms with Crippen LogP contribution in [0.2, 0.25) is 5.02 Å². The van der Waals surface area contributed by atoms with Crippen molar-refractivity contribution < 1.29 is 14.3 Å².